The van der Waals surface area contributed by atoms with Crippen LogP contribution in [0, 0.1) is 5.82 Å². The van der Waals surface area contributed by atoms with Gasteiger partial charge >= 0.3 is 0 Å². The highest BCUT2D eigenvalue weighted by atomic mass is 35.5. The Bertz CT molecular complexity index is 751. The molecular formula is C17H15ClFNO3. The average molecular weight is 336 g/mol. The van der Waals surface area contributed by atoms with Gasteiger partial charge < -0.3 is 14.4 Å². The van der Waals surface area contributed by atoms with Crippen molar-refractivity contribution in [2.75, 3.05) is 13.3 Å². The molecule has 0 saturated carbocycles. The van der Waals surface area contributed by atoms with Crippen molar-refractivity contribution in [3.8, 4) is 11.5 Å². The lowest BCUT2D eigenvalue weighted by atomic mass is 10.1. The summed E-state index contributed by atoms with van der Waals surface area (Å²) in [7, 11) is 0. The first-order valence-electron chi connectivity index (χ1n) is 7.21. The van der Waals surface area contributed by atoms with Crippen molar-refractivity contribution >= 4 is 17.5 Å². The Hall–Kier alpha value is -2.27. The molecule has 0 unspecified atom stereocenters. The Morgan fingerprint density at radius 1 is 1.22 bits per heavy atom. The molecule has 6 heteroatoms. The second-order valence-electron chi connectivity index (χ2n) is 5.13. The van der Waals surface area contributed by atoms with Gasteiger partial charge in [0.25, 0.3) is 5.91 Å². The molecule has 0 aromatic heterocycles. The van der Waals surface area contributed by atoms with Crippen LogP contribution < -0.4 is 9.47 Å². The molecule has 0 N–H and O–H groups in total. The van der Waals surface area contributed by atoms with Crippen molar-refractivity contribution in [2.24, 2.45) is 0 Å². The largest absolute Gasteiger partial charge is 0.454 e. The third-order valence-electron chi connectivity index (χ3n) is 3.64. The van der Waals surface area contributed by atoms with Crippen LogP contribution in [-0.4, -0.2) is 24.1 Å². The Labute approximate surface area is 138 Å². The molecule has 2 aromatic rings. The zero-order valence-electron chi connectivity index (χ0n) is 12.5. The SMILES string of the molecule is CCN(Cc1ccc2c(c1)OCO2)C(=O)c1ccc(Cl)cc1F. The van der Waals surface area contributed by atoms with E-state index < -0.39 is 5.82 Å². The van der Waals surface area contributed by atoms with Crippen molar-refractivity contribution in [1.29, 1.82) is 0 Å². The second kappa shape index (κ2) is 6.46. The van der Waals surface area contributed by atoms with E-state index in [9.17, 15) is 9.18 Å². The molecule has 0 aliphatic carbocycles. The highest BCUT2D eigenvalue weighted by Crippen LogP contribution is 2.33. The second-order valence-corrected chi connectivity index (χ2v) is 5.57. The molecule has 23 heavy (non-hydrogen) atoms. The quantitative estimate of drug-likeness (QED) is 0.851. The zero-order valence-corrected chi connectivity index (χ0v) is 13.3. The zero-order chi connectivity index (χ0) is 16.4. The molecule has 3 rings (SSSR count). The van der Waals surface area contributed by atoms with Gasteiger partial charge in [-0.2, -0.15) is 0 Å². The Morgan fingerprint density at radius 2 is 2.00 bits per heavy atom. The van der Waals surface area contributed by atoms with Gasteiger partial charge in [0.05, 0.1) is 5.56 Å². The normalized spacial score (nSPS) is 12.3. The van der Waals surface area contributed by atoms with Gasteiger partial charge in [-0.1, -0.05) is 17.7 Å². The van der Waals surface area contributed by atoms with Crippen LogP contribution in [0.25, 0.3) is 0 Å². The van der Waals surface area contributed by atoms with Gasteiger partial charge in [0, 0.05) is 18.1 Å². The molecule has 0 bridgehead atoms. The number of ether oxygens (including phenoxy) is 2. The molecule has 1 aliphatic rings. The first-order valence-corrected chi connectivity index (χ1v) is 7.59. The molecule has 0 atom stereocenters. The minimum Gasteiger partial charge on any atom is -0.454 e. The maximum absolute atomic E-state index is 13.9. The molecule has 4 nitrogen and oxygen atoms in total. The van der Waals surface area contributed by atoms with Crippen LogP contribution in [0.2, 0.25) is 5.02 Å². The van der Waals surface area contributed by atoms with E-state index >= 15 is 0 Å². The van der Waals surface area contributed by atoms with Gasteiger partial charge in [-0.3, -0.25) is 4.79 Å². The van der Waals surface area contributed by atoms with Crippen LogP contribution in [0.3, 0.4) is 0 Å². The monoisotopic (exact) mass is 335 g/mol. The molecule has 1 aliphatic heterocycles. The fourth-order valence-electron chi connectivity index (χ4n) is 2.42. The summed E-state index contributed by atoms with van der Waals surface area (Å²) in [6, 6.07) is 9.55. The standard InChI is InChI=1S/C17H15ClFNO3/c1-2-20(17(21)13-5-4-12(18)8-14(13)19)9-11-3-6-15-16(7-11)23-10-22-15/h3-8H,2,9-10H2,1H3. The summed E-state index contributed by atoms with van der Waals surface area (Å²) in [5.41, 5.74) is 0.899. The summed E-state index contributed by atoms with van der Waals surface area (Å²) in [5.74, 6) is 0.349. The van der Waals surface area contributed by atoms with Crippen molar-refractivity contribution in [2.45, 2.75) is 13.5 Å². The predicted octanol–water partition coefficient (Wildman–Crippen LogP) is 3.87. The number of benzene rings is 2. The summed E-state index contributed by atoms with van der Waals surface area (Å²) in [4.78, 5) is 14.1. The summed E-state index contributed by atoms with van der Waals surface area (Å²) in [6.45, 7) is 2.85. The number of carbonyl (C=O) groups is 1. The van der Waals surface area contributed by atoms with Crippen LogP contribution in [0.4, 0.5) is 4.39 Å². The van der Waals surface area contributed by atoms with Crippen LogP contribution in [0.15, 0.2) is 36.4 Å². The van der Waals surface area contributed by atoms with Crippen LogP contribution in [-0.2, 0) is 6.54 Å². The Kier molecular flexibility index (Phi) is 4.39. The predicted molar refractivity (Wildman–Crippen MR) is 84.4 cm³/mol. The van der Waals surface area contributed by atoms with Gasteiger partial charge in [-0.05, 0) is 42.8 Å². The lowest BCUT2D eigenvalue weighted by molar-refractivity contribution is 0.0747. The highest BCUT2D eigenvalue weighted by Gasteiger charge is 2.20. The van der Waals surface area contributed by atoms with E-state index in [0.29, 0.717) is 24.6 Å². The van der Waals surface area contributed by atoms with E-state index in [-0.39, 0.29) is 23.3 Å². The number of halogens is 2. The van der Waals surface area contributed by atoms with E-state index in [4.69, 9.17) is 21.1 Å². The molecule has 0 fully saturated rings. The average Bonchev–Trinajstić information content (AvgIpc) is 2.99. The van der Waals surface area contributed by atoms with Gasteiger partial charge in [-0.15, -0.1) is 0 Å². The third kappa shape index (κ3) is 3.24. The molecule has 0 saturated heterocycles. The molecule has 0 spiro atoms. The molecule has 1 heterocycles. The lowest BCUT2D eigenvalue weighted by Crippen LogP contribution is -2.31. The van der Waals surface area contributed by atoms with E-state index in [1.807, 2.05) is 19.1 Å². The number of hydrogen-bond donors (Lipinski definition) is 0. The van der Waals surface area contributed by atoms with E-state index in [2.05, 4.69) is 0 Å². The summed E-state index contributed by atoms with van der Waals surface area (Å²) < 4.78 is 24.5. The molecule has 2 aromatic carbocycles. The van der Waals surface area contributed by atoms with Gasteiger partial charge in [0.2, 0.25) is 6.79 Å². The summed E-state index contributed by atoms with van der Waals surface area (Å²) >= 11 is 5.73. The third-order valence-corrected chi connectivity index (χ3v) is 3.88. The van der Waals surface area contributed by atoms with Crippen molar-refractivity contribution in [3.63, 3.8) is 0 Å². The fraction of sp³-hybridized carbons (Fsp3) is 0.235. The van der Waals surface area contributed by atoms with Crippen LogP contribution >= 0.6 is 11.6 Å². The van der Waals surface area contributed by atoms with Crippen molar-refractivity contribution in [3.05, 3.63) is 58.4 Å². The molecule has 120 valence electrons. The number of hydrogen-bond acceptors (Lipinski definition) is 3. The minimum absolute atomic E-state index is 0.0111. The topological polar surface area (TPSA) is 38.8 Å². The smallest absolute Gasteiger partial charge is 0.257 e. The fourth-order valence-corrected chi connectivity index (χ4v) is 2.58. The number of fused-ring (bicyclic) bond motifs is 1. The summed E-state index contributed by atoms with van der Waals surface area (Å²) in [6.07, 6.45) is 0. The van der Waals surface area contributed by atoms with E-state index in [0.717, 1.165) is 11.6 Å². The number of amides is 1. The van der Waals surface area contributed by atoms with Gasteiger partial charge in [0.15, 0.2) is 11.5 Å². The summed E-state index contributed by atoms with van der Waals surface area (Å²) in [5, 5.41) is 0.262. The number of carbonyl (C=O) groups excluding carboxylic acids is 1. The van der Waals surface area contributed by atoms with E-state index in [1.54, 1.807) is 11.0 Å². The molecular weight excluding hydrogens is 321 g/mol. The van der Waals surface area contributed by atoms with Gasteiger partial charge in [-0.25, -0.2) is 4.39 Å². The first kappa shape index (κ1) is 15.6. The highest BCUT2D eigenvalue weighted by molar-refractivity contribution is 6.30. The molecule has 1 amide bonds. The Morgan fingerprint density at radius 3 is 2.74 bits per heavy atom. The van der Waals surface area contributed by atoms with Crippen LogP contribution in [0.1, 0.15) is 22.8 Å². The van der Waals surface area contributed by atoms with E-state index in [1.165, 1.54) is 12.1 Å². The van der Waals surface area contributed by atoms with Gasteiger partial charge in [0.1, 0.15) is 5.82 Å². The number of nitrogens with zero attached hydrogens (tertiary/aromatic N) is 1. The van der Waals surface area contributed by atoms with Crippen LogP contribution in [0.5, 0.6) is 11.5 Å². The molecule has 0 radical (unpaired) electrons. The number of rotatable bonds is 4. The maximum Gasteiger partial charge on any atom is 0.257 e. The first-order chi connectivity index (χ1) is 11.1. The van der Waals surface area contributed by atoms with Crippen molar-refractivity contribution in [1.82, 2.24) is 4.90 Å². The Balaban J connectivity index is 1.80. The lowest BCUT2D eigenvalue weighted by Gasteiger charge is -2.21. The minimum atomic E-state index is -0.619. The van der Waals surface area contributed by atoms with Crippen molar-refractivity contribution < 1.29 is 18.7 Å². The maximum atomic E-state index is 13.9.